The fourth-order valence-electron chi connectivity index (χ4n) is 7.32. The van der Waals surface area contributed by atoms with Crippen LogP contribution in [0.2, 0.25) is 0 Å². The summed E-state index contributed by atoms with van der Waals surface area (Å²) in [4.78, 5) is 15.6. The van der Waals surface area contributed by atoms with Crippen LogP contribution in [0.1, 0.15) is 0 Å². The Morgan fingerprint density at radius 1 is 0.300 bits per heavy atom. The summed E-state index contributed by atoms with van der Waals surface area (Å²) in [5.74, 6) is 1.81. The Bertz CT molecular complexity index is 2560. The summed E-state index contributed by atoms with van der Waals surface area (Å²) in [5, 5.41) is 4.75. The minimum atomic E-state index is 0.579. The van der Waals surface area contributed by atoms with E-state index in [-0.39, 0.29) is 0 Å². The summed E-state index contributed by atoms with van der Waals surface area (Å²) in [6, 6.07) is 61.5. The molecule has 0 spiro atoms. The predicted molar refractivity (Wildman–Crippen MR) is 205 cm³/mol. The Kier molecular flexibility index (Phi) is 6.42. The molecular weight excluding hydrogens is 611 g/mol. The Hall–Kier alpha value is -6.85. The lowest BCUT2D eigenvalue weighted by molar-refractivity contribution is 0.953. The van der Waals surface area contributed by atoms with Crippen LogP contribution in [0.3, 0.4) is 0 Å². The molecular formula is C45H29N5. The third kappa shape index (κ3) is 4.52. The lowest BCUT2D eigenvalue weighted by Crippen LogP contribution is -2.06. The number of fused-ring (bicyclic) bond motifs is 6. The van der Waals surface area contributed by atoms with E-state index in [0.717, 1.165) is 60.8 Å². The summed E-state index contributed by atoms with van der Waals surface area (Å²) >= 11 is 0. The lowest BCUT2D eigenvalue weighted by atomic mass is 10.0. The van der Waals surface area contributed by atoms with Gasteiger partial charge in [0.15, 0.2) is 11.6 Å². The molecule has 7 aromatic carbocycles. The lowest BCUT2D eigenvalue weighted by Gasteiger charge is -2.15. The Balaban J connectivity index is 1.28. The molecule has 0 unspecified atom stereocenters. The van der Waals surface area contributed by atoms with Gasteiger partial charge >= 0.3 is 0 Å². The monoisotopic (exact) mass is 639 g/mol. The molecule has 0 bridgehead atoms. The van der Waals surface area contributed by atoms with Crippen LogP contribution in [0.25, 0.3) is 89.2 Å². The number of hydrogen-bond acceptors (Lipinski definition) is 3. The molecule has 5 nitrogen and oxygen atoms in total. The van der Waals surface area contributed by atoms with Gasteiger partial charge in [-0.3, -0.25) is 4.57 Å². The molecule has 0 saturated heterocycles. The van der Waals surface area contributed by atoms with E-state index >= 15 is 0 Å². The molecule has 0 radical (unpaired) electrons. The number of rotatable bonds is 5. The van der Waals surface area contributed by atoms with Crippen LogP contribution >= 0.6 is 0 Å². The van der Waals surface area contributed by atoms with Gasteiger partial charge < -0.3 is 4.57 Å². The first-order chi connectivity index (χ1) is 24.8. The smallest absolute Gasteiger partial charge is 0.238 e. The van der Waals surface area contributed by atoms with Crippen molar-refractivity contribution in [3.63, 3.8) is 0 Å². The first kappa shape index (κ1) is 28.2. The Morgan fingerprint density at radius 2 is 0.700 bits per heavy atom. The van der Waals surface area contributed by atoms with Gasteiger partial charge in [-0.05, 0) is 53.6 Å². The standard InChI is InChI=1S/C45H29N5/c1-3-15-30(16-4-1)32-27-33(29-34(28-32)49-39-23-11-7-19-35(39)36-20-8-12-24-40(36)49)44-46-43(31-17-5-2-6-18-31)47-45(48-44)50-41-25-13-9-21-37(41)38-22-10-14-26-42(38)50/h1-29H. The molecule has 0 aliphatic carbocycles. The summed E-state index contributed by atoms with van der Waals surface area (Å²) in [6.45, 7) is 0. The molecule has 10 aromatic rings. The number of hydrogen-bond donors (Lipinski definition) is 0. The third-order valence-electron chi connectivity index (χ3n) is 9.56. The fourth-order valence-corrected chi connectivity index (χ4v) is 7.32. The van der Waals surface area contributed by atoms with Gasteiger partial charge in [0.25, 0.3) is 0 Å². The zero-order valence-corrected chi connectivity index (χ0v) is 27.0. The van der Waals surface area contributed by atoms with Gasteiger partial charge in [-0.15, -0.1) is 0 Å². The molecule has 10 rings (SSSR count). The molecule has 0 N–H and O–H groups in total. The largest absolute Gasteiger partial charge is 0.309 e. The van der Waals surface area contributed by atoms with E-state index in [1.807, 2.05) is 18.2 Å². The van der Waals surface area contributed by atoms with Crippen molar-refractivity contribution in [1.29, 1.82) is 0 Å². The summed E-state index contributed by atoms with van der Waals surface area (Å²) < 4.78 is 4.52. The van der Waals surface area contributed by atoms with Crippen LogP contribution in [0.4, 0.5) is 0 Å². The molecule has 0 atom stereocenters. The van der Waals surface area contributed by atoms with Gasteiger partial charge in [0.2, 0.25) is 5.95 Å². The third-order valence-corrected chi connectivity index (χ3v) is 9.56. The summed E-state index contributed by atoms with van der Waals surface area (Å²) in [6.07, 6.45) is 0. The summed E-state index contributed by atoms with van der Waals surface area (Å²) in [5.41, 5.74) is 9.48. The molecule has 5 heteroatoms. The van der Waals surface area contributed by atoms with E-state index in [1.165, 1.54) is 10.8 Å². The van der Waals surface area contributed by atoms with Crippen LogP contribution in [0, 0.1) is 0 Å². The maximum atomic E-state index is 5.29. The van der Waals surface area contributed by atoms with Crippen molar-refractivity contribution in [3.05, 3.63) is 176 Å². The topological polar surface area (TPSA) is 48.5 Å². The van der Waals surface area contributed by atoms with Crippen molar-refractivity contribution in [2.45, 2.75) is 0 Å². The number of benzene rings is 7. The molecule has 0 aliphatic heterocycles. The van der Waals surface area contributed by atoms with Gasteiger partial charge in [0.1, 0.15) is 0 Å². The highest BCUT2D eigenvalue weighted by molar-refractivity contribution is 6.10. The van der Waals surface area contributed by atoms with E-state index in [0.29, 0.717) is 17.6 Å². The van der Waals surface area contributed by atoms with Crippen molar-refractivity contribution >= 4 is 43.6 Å². The fraction of sp³-hybridized carbons (Fsp3) is 0. The minimum Gasteiger partial charge on any atom is -0.309 e. The number of nitrogens with zero attached hydrogens (tertiary/aromatic N) is 5. The molecule has 0 amide bonds. The maximum Gasteiger partial charge on any atom is 0.238 e. The quantitative estimate of drug-likeness (QED) is 0.188. The molecule has 50 heavy (non-hydrogen) atoms. The molecule has 3 heterocycles. The molecule has 0 fully saturated rings. The van der Waals surface area contributed by atoms with Crippen LogP contribution in [-0.2, 0) is 0 Å². The Morgan fingerprint density at radius 3 is 1.22 bits per heavy atom. The van der Waals surface area contributed by atoms with Crippen LogP contribution in [0.15, 0.2) is 176 Å². The van der Waals surface area contributed by atoms with Crippen molar-refractivity contribution in [3.8, 4) is 45.5 Å². The van der Waals surface area contributed by atoms with Crippen LogP contribution < -0.4 is 0 Å². The van der Waals surface area contributed by atoms with Crippen molar-refractivity contribution in [1.82, 2.24) is 24.1 Å². The average Bonchev–Trinajstić information content (AvgIpc) is 3.71. The van der Waals surface area contributed by atoms with Gasteiger partial charge in [-0.25, -0.2) is 4.98 Å². The Labute approximate surface area is 288 Å². The average molecular weight is 640 g/mol. The van der Waals surface area contributed by atoms with Gasteiger partial charge in [-0.1, -0.05) is 133 Å². The van der Waals surface area contributed by atoms with E-state index in [1.54, 1.807) is 0 Å². The van der Waals surface area contributed by atoms with Crippen molar-refractivity contribution < 1.29 is 0 Å². The highest BCUT2D eigenvalue weighted by Gasteiger charge is 2.19. The van der Waals surface area contributed by atoms with Crippen molar-refractivity contribution in [2.24, 2.45) is 0 Å². The first-order valence-electron chi connectivity index (χ1n) is 16.8. The van der Waals surface area contributed by atoms with E-state index < -0.39 is 0 Å². The molecule has 0 aliphatic rings. The zero-order chi connectivity index (χ0) is 33.0. The molecule has 3 aromatic heterocycles. The van der Waals surface area contributed by atoms with E-state index in [2.05, 4.69) is 167 Å². The van der Waals surface area contributed by atoms with E-state index in [9.17, 15) is 0 Å². The van der Waals surface area contributed by atoms with E-state index in [4.69, 9.17) is 15.0 Å². The molecule has 234 valence electrons. The van der Waals surface area contributed by atoms with Gasteiger partial charge in [-0.2, -0.15) is 9.97 Å². The second-order valence-corrected chi connectivity index (χ2v) is 12.5. The SMILES string of the molecule is c1ccc(-c2cc(-c3nc(-c4ccccc4)nc(-n4c5ccccc5c5ccccc54)n3)cc(-n3c4ccccc4c4ccccc43)c2)cc1. The highest BCUT2D eigenvalue weighted by atomic mass is 15.2. The molecule has 0 saturated carbocycles. The maximum absolute atomic E-state index is 5.29. The minimum absolute atomic E-state index is 0.579. The van der Waals surface area contributed by atoms with Crippen LogP contribution in [0.5, 0.6) is 0 Å². The summed E-state index contributed by atoms with van der Waals surface area (Å²) in [7, 11) is 0. The predicted octanol–water partition coefficient (Wildman–Crippen LogP) is 11.1. The second kappa shape index (κ2) is 11.4. The van der Waals surface area contributed by atoms with Crippen LogP contribution in [-0.4, -0.2) is 24.1 Å². The first-order valence-corrected chi connectivity index (χ1v) is 16.8. The zero-order valence-electron chi connectivity index (χ0n) is 27.0. The number of aromatic nitrogens is 5. The highest BCUT2D eigenvalue weighted by Crippen LogP contribution is 2.37. The second-order valence-electron chi connectivity index (χ2n) is 12.5. The normalized spacial score (nSPS) is 11.6. The van der Waals surface area contributed by atoms with Gasteiger partial charge in [0, 0.05) is 38.4 Å². The van der Waals surface area contributed by atoms with Crippen molar-refractivity contribution in [2.75, 3.05) is 0 Å². The number of para-hydroxylation sites is 4. The van der Waals surface area contributed by atoms with Gasteiger partial charge in [0.05, 0.1) is 22.1 Å².